The normalized spacial score (nSPS) is 18.3. The molecule has 16 heavy (non-hydrogen) atoms. The molecular formula is C14H15NO. The summed E-state index contributed by atoms with van der Waals surface area (Å²) >= 11 is 0. The molecule has 2 heteroatoms. The Morgan fingerprint density at radius 3 is 2.88 bits per heavy atom. The number of pyridine rings is 1. The lowest BCUT2D eigenvalue weighted by Crippen LogP contribution is -2.19. The Kier molecular flexibility index (Phi) is 2.37. The number of aliphatic hydroxyl groups excluding tert-OH is 1. The highest BCUT2D eigenvalue weighted by Gasteiger charge is 2.26. The highest BCUT2D eigenvalue weighted by molar-refractivity contribution is 5.78. The third kappa shape index (κ3) is 1.59. The number of fused-ring (bicyclic) bond motifs is 1. The van der Waals surface area contributed by atoms with Crippen molar-refractivity contribution in [2.24, 2.45) is 5.92 Å². The van der Waals surface area contributed by atoms with Crippen molar-refractivity contribution in [2.75, 3.05) is 0 Å². The van der Waals surface area contributed by atoms with Crippen LogP contribution in [0.5, 0.6) is 0 Å². The van der Waals surface area contributed by atoms with Crippen LogP contribution in [0.4, 0.5) is 0 Å². The maximum atomic E-state index is 10.2. The SMILES string of the molecule is OC(c1ccc2cccnc2c1)C1CCC1. The van der Waals surface area contributed by atoms with Gasteiger partial charge in [0.1, 0.15) is 0 Å². The van der Waals surface area contributed by atoms with E-state index in [1.165, 1.54) is 6.42 Å². The average molecular weight is 213 g/mol. The molecule has 1 saturated carbocycles. The van der Waals surface area contributed by atoms with E-state index >= 15 is 0 Å². The first kappa shape index (κ1) is 9.79. The molecule has 1 atom stereocenters. The third-order valence-corrected chi connectivity index (χ3v) is 3.57. The highest BCUT2D eigenvalue weighted by atomic mass is 16.3. The molecule has 0 saturated heterocycles. The molecule has 2 nitrogen and oxygen atoms in total. The number of aliphatic hydroxyl groups is 1. The van der Waals surface area contributed by atoms with Gasteiger partial charge in [0, 0.05) is 11.6 Å². The molecule has 1 aromatic heterocycles. The maximum absolute atomic E-state index is 10.2. The first-order valence-corrected chi connectivity index (χ1v) is 5.87. The van der Waals surface area contributed by atoms with Crippen LogP contribution < -0.4 is 0 Å². The molecule has 0 radical (unpaired) electrons. The van der Waals surface area contributed by atoms with Crippen molar-refractivity contribution in [3.63, 3.8) is 0 Å². The fourth-order valence-electron chi connectivity index (χ4n) is 2.30. The highest BCUT2D eigenvalue weighted by Crippen LogP contribution is 2.37. The fraction of sp³-hybridized carbons (Fsp3) is 0.357. The lowest BCUT2D eigenvalue weighted by atomic mass is 9.79. The molecule has 0 amide bonds. The zero-order valence-corrected chi connectivity index (χ0v) is 9.13. The van der Waals surface area contributed by atoms with Gasteiger partial charge in [0.25, 0.3) is 0 Å². The van der Waals surface area contributed by atoms with Crippen molar-refractivity contribution in [1.29, 1.82) is 0 Å². The molecule has 1 heterocycles. The van der Waals surface area contributed by atoms with Gasteiger partial charge in [0.15, 0.2) is 0 Å². The first-order valence-electron chi connectivity index (χ1n) is 5.87. The van der Waals surface area contributed by atoms with Gasteiger partial charge < -0.3 is 5.11 Å². The van der Waals surface area contributed by atoms with Gasteiger partial charge in [0.05, 0.1) is 11.6 Å². The van der Waals surface area contributed by atoms with Crippen molar-refractivity contribution in [3.8, 4) is 0 Å². The summed E-state index contributed by atoms with van der Waals surface area (Å²) in [6.45, 7) is 0. The average Bonchev–Trinajstić information content (AvgIpc) is 2.26. The smallest absolute Gasteiger partial charge is 0.0818 e. The summed E-state index contributed by atoms with van der Waals surface area (Å²) in [7, 11) is 0. The number of hydrogen-bond acceptors (Lipinski definition) is 2. The van der Waals surface area contributed by atoms with Crippen LogP contribution in [-0.2, 0) is 0 Å². The summed E-state index contributed by atoms with van der Waals surface area (Å²) in [5.74, 6) is 0.459. The van der Waals surface area contributed by atoms with Gasteiger partial charge in [-0.3, -0.25) is 4.98 Å². The minimum atomic E-state index is -0.305. The van der Waals surface area contributed by atoms with Gasteiger partial charge in [-0.05, 0) is 36.5 Å². The Morgan fingerprint density at radius 2 is 2.12 bits per heavy atom. The zero-order chi connectivity index (χ0) is 11.0. The monoisotopic (exact) mass is 213 g/mol. The molecule has 1 N–H and O–H groups in total. The lowest BCUT2D eigenvalue weighted by molar-refractivity contribution is 0.0622. The van der Waals surface area contributed by atoms with Crippen LogP contribution in [-0.4, -0.2) is 10.1 Å². The van der Waals surface area contributed by atoms with E-state index in [-0.39, 0.29) is 6.10 Å². The molecule has 3 rings (SSSR count). The van der Waals surface area contributed by atoms with Gasteiger partial charge in [-0.2, -0.15) is 0 Å². The van der Waals surface area contributed by atoms with E-state index in [2.05, 4.69) is 4.98 Å². The zero-order valence-electron chi connectivity index (χ0n) is 9.13. The molecule has 82 valence electrons. The summed E-state index contributed by atoms with van der Waals surface area (Å²) < 4.78 is 0. The topological polar surface area (TPSA) is 33.1 Å². The van der Waals surface area contributed by atoms with Crippen molar-refractivity contribution >= 4 is 10.9 Å². The maximum Gasteiger partial charge on any atom is 0.0818 e. The third-order valence-electron chi connectivity index (χ3n) is 3.57. The van der Waals surface area contributed by atoms with Crippen molar-refractivity contribution < 1.29 is 5.11 Å². The van der Waals surface area contributed by atoms with Gasteiger partial charge in [-0.25, -0.2) is 0 Å². The summed E-state index contributed by atoms with van der Waals surface area (Å²) in [4.78, 5) is 4.32. The Bertz CT molecular complexity index is 505. The largest absolute Gasteiger partial charge is 0.388 e. The molecule has 1 fully saturated rings. The van der Waals surface area contributed by atoms with Crippen LogP contribution in [0.3, 0.4) is 0 Å². The summed E-state index contributed by atoms with van der Waals surface area (Å²) in [6, 6.07) is 10.1. The minimum Gasteiger partial charge on any atom is -0.388 e. The van der Waals surface area contributed by atoms with Crippen molar-refractivity contribution in [1.82, 2.24) is 4.98 Å². The van der Waals surface area contributed by atoms with Crippen molar-refractivity contribution in [3.05, 3.63) is 42.1 Å². The molecule has 1 aliphatic rings. The van der Waals surface area contributed by atoms with Gasteiger partial charge in [-0.15, -0.1) is 0 Å². The number of aromatic nitrogens is 1. The van der Waals surface area contributed by atoms with E-state index < -0.39 is 0 Å². The van der Waals surface area contributed by atoms with E-state index in [4.69, 9.17) is 0 Å². The number of nitrogens with zero attached hydrogens (tertiary/aromatic N) is 1. The molecular weight excluding hydrogens is 198 g/mol. The Morgan fingerprint density at radius 1 is 1.25 bits per heavy atom. The van der Waals surface area contributed by atoms with Gasteiger partial charge >= 0.3 is 0 Å². The predicted molar refractivity (Wildman–Crippen MR) is 64.0 cm³/mol. The first-order chi connectivity index (χ1) is 7.84. The lowest BCUT2D eigenvalue weighted by Gasteiger charge is -2.30. The van der Waals surface area contributed by atoms with E-state index in [1.54, 1.807) is 6.20 Å². The molecule has 0 aliphatic heterocycles. The van der Waals surface area contributed by atoms with Crippen LogP contribution in [0.15, 0.2) is 36.5 Å². The summed E-state index contributed by atoms with van der Waals surface area (Å²) in [5, 5.41) is 11.3. The quantitative estimate of drug-likeness (QED) is 0.831. The summed E-state index contributed by atoms with van der Waals surface area (Å²) in [6.07, 6.45) is 5.05. The molecule has 2 aromatic rings. The van der Waals surface area contributed by atoms with Crippen molar-refractivity contribution in [2.45, 2.75) is 25.4 Å². The fourth-order valence-corrected chi connectivity index (χ4v) is 2.30. The Balaban J connectivity index is 1.97. The molecule has 0 spiro atoms. The Hall–Kier alpha value is -1.41. The van der Waals surface area contributed by atoms with E-state index in [9.17, 15) is 5.11 Å². The molecule has 0 bridgehead atoms. The van der Waals surface area contributed by atoms with Crippen LogP contribution in [0, 0.1) is 5.92 Å². The number of hydrogen-bond donors (Lipinski definition) is 1. The summed E-state index contributed by atoms with van der Waals surface area (Å²) in [5.41, 5.74) is 1.98. The van der Waals surface area contributed by atoms with Crippen LogP contribution in [0.2, 0.25) is 0 Å². The standard InChI is InChI=1S/C14H15NO/c16-14(11-3-1-4-11)12-7-6-10-5-2-8-15-13(10)9-12/h2,5-9,11,14,16H,1,3-4H2. The molecule has 1 aromatic carbocycles. The Labute approximate surface area is 94.9 Å². The molecule has 1 aliphatic carbocycles. The second kappa shape index (κ2) is 3.87. The molecule has 1 unspecified atom stereocenters. The second-order valence-electron chi connectivity index (χ2n) is 4.59. The van der Waals surface area contributed by atoms with Gasteiger partial charge in [0.2, 0.25) is 0 Å². The number of rotatable bonds is 2. The van der Waals surface area contributed by atoms with E-state index in [0.29, 0.717) is 5.92 Å². The van der Waals surface area contributed by atoms with Crippen LogP contribution in [0.1, 0.15) is 30.9 Å². The second-order valence-corrected chi connectivity index (χ2v) is 4.59. The van der Waals surface area contributed by atoms with E-state index in [1.807, 2.05) is 30.3 Å². The van der Waals surface area contributed by atoms with Crippen LogP contribution in [0.25, 0.3) is 10.9 Å². The minimum absolute atomic E-state index is 0.305. The number of benzene rings is 1. The van der Waals surface area contributed by atoms with Crippen LogP contribution >= 0.6 is 0 Å². The predicted octanol–water partition coefficient (Wildman–Crippen LogP) is 3.07. The van der Waals surface area contributed by atoms with Gasteiger partial charge in [-0.1, -0.05) is 24.6 Å². The van der Waals surface area contributed by atoms with E-state index in [0.717, 1.165) is 29.3 Å².